The molecule has 0 bridgehead atoms. The molecule has 2 fully saturated rings. The molecule has 2 aliphatic rings. The standard InChI is InChI=1S/C14H20N2O/c1-9-4-12(15)2-3-14(9)16-13-6-10-5-11(10)7-17-8-13/h2-4,10-11,13,16H,5-8,15H2,1H3. The SMILES string of the molecule is Cc1cc(N)ccc1NC1COCC2CC2C1. The highest BCUT2D eigenvalue weighted by Crippen LogP contribution is 2.44. The second-order valence-corrected chi connectivity index (χ2v) is 5.44. The van der Waals surface area contributed by atoms with Gasteiger partial charge in [-0.1, -0.05) is 0 Å². The highest BCUT2D eigenvalue weighted by Gasteiger charge is 2.40. The fraction of sp³-hybridized carbons (Fsp3) is 0.571. The molecule has 0 spiro atoms. The number of aryl methyl sites for hydroxylation is 1. The average Bonchev–Trinajstić information content (AvgIpc) is 3.00. The van der Waals surface area contributed by atoms with Gasteiger partial charge in [0.1, 0.15) is 0 Å². The Morgan fingerprint density at radius 3 is 2.94 bits per heavy atom. The number of anilines is 2. The molecule has 1 aromatic rings. The number of ether oxygens (including phenoxy) is 1. The van der Waals surface area contributed by atoms with Gasteiger partial charge < -0.3 is 15.8 Å². The van der Waals surface area contributed by atoms with Gasteiger partial charge in [0.05, 0.1) is 6.61 Å². The molecule has 3 unspecified atom stereocenters. The average molecular weight is 232 g/mol. The first-order chi connectivity index (χ1) is 8.22. The van der Waals surface area contributed by atoms with Gasteiger partial charge in [0.2, 0.25) is 0 Å². The smallest absolute Gasteiger partial charge is 0.0668 e. The Hall–Kier alpha value is -1.22. The largest absolute Gasteiger partial charge is 0.399 e. The summed E-state index contributed by atoms with van der Waals surface area (Å²) < 4.78 is 5.71. The number of hydrogen-bond donors (Lipinski definition) is 2. The molecule has 1 aliphatic heterocycles. The molecule has 0 aromatic heterocycles. The van der Waals surface area contributed by atoms with Gasteiger partial charge in [0.25, 0.3) is 0 Å². The van der Waals surface area contributed by atoms with Gasteiger partial charge in [-0.15, -0.1) is 0 Å². The Balaban J connectivity index is 1.68. The van der Waals surface area contributed by atoms with Crippen molar-refractivity contribution >= 4 is 11.4 Å². The van der Waals surface area contributed by atoms with E-state index in [1.807, 2.05) is 12.1 Å². The van der Waals surface area contributed by atoms with Crippen LogP contribution in [0.25, 0.3) is 0 Å². The molecular weight excluding hydrogens is 212 g/mol. The van der Waals surface area contributed by atoms with Crippen molar-refractivity contribution in [3.05, 3.63) is 23.8 Å². The van der Waals surface area contributed by atoms with Crippen molar-refractivity contribution in [1.82, 2.24) is 0 Å². The van der Waals surface area contributed by atoms with Crippen molar-refractivity contribution in [2.75, 3.05) is 24.3 Å². The lowest BCUT2D eigenvalue weighted by atomic mass is 10.1. The fourth-order valence-electron chi connectivity index (χ4n) is 2.77. The van der Waals surface area contributed by atoms with Gasteiger partial charge in [0.15, 0.2) is 0 Å². The maximum atomic E-state index is 5.76. The van der Waals surface area contributed by atoms with Gasteiger partial charge in [-0.2, -0.15) is 0 Å². The van der Waals surface area contributed by atoms with Crippen molar-refractivity contribution in [2.24, 2.45) is 11.8 Å². The first-order valence-electron chi connectivity index (χ1n) is 6.43. The second kappa shape index (κ2) is 4.22. The molecule has 3 N–H and O–H groups in total. The van der Waals surface area contributed by atoms with Crippen molar-refractivity contribution < 1.29 is 4.74 Å². The van der Waals surface area contributed by atoms with Gasteiger partial charge in [-0.3, -0.25) is 0 Å². The van der Waals surface area contributed by atoms with E-state index in [0.29, 0.717) is 6.04 Å². The predicted molar refractivity (Wildman–Crippen MR) is 70.0 cm³/mol. The Bertz CT molecular complexity index is 419. The van der Waals surface area contributed by atoms with Crippen LogP contribution in [0.1, 0.15) is 18.4 Å². The zero-order valence-corrected chi connectivity index (χ0v) is 10.3. The van der Waals surface area contributed by atoms with E-state index >= 15 is 0 Å². The second-order valence-electron chi connectivity index (χ2n) is 5.44. The Kier molecular flexibility index (Phi) is 2.71. The van der Waals surface area contributed by atoms with E-state index in [1.54, 1.807) is 0 Å². The molecule has 1 saturated heterocycles. The van der Waals surface area contributed by atoms with Crippen LogP contribution in [0.5, 0.6) is 0 Å². The lowest BCUT2D eigenvalue weighted by molar-refractivity contribution is 0.126. The lowest BCUT2D eigenvalue weighted by Crippen LogP contribution is -2.25. The van der Waals surface area contributed by atoms with Crippen LogP contribution in [0.4, 0.5) is 11.4 Å². The van der Waals surface area contributed by atoms with Gasteiger partial charge in [-0.05, 0) is 55.4 Å². The topological polar surface area (TPSA) is 47.3 Å². The molecule has 92 valence electrons. The van der Waals surface area contributed by atoms with E-state index in [9.17, 15) is 0 Å². The summed E-state index contributed by atoms with van der Waals surface area (Å²) in [5.41, 5.74) is 8.98. The minimum atomic E-state index is 0.454. The monoisotopic (exact) mass is 232 g/mol. The summed E-state index contributed by atoms with van der Waals surface area (Å²) in [5.74, 6) is 1.73. The number of fused-ring (bicyclic) bond motifs is 1. The summed E-state index contributed by atoms with van der Waals surface area (Å²) in [6.45, 7) is 3.89. The van der Waals surface area contributed by atoms with Crippen LogP contribution in [0.3, 0.4) is 0 Å². The van der Waals surface area contributed by atoms with Crippen LogP contribution in [-0.4, -0.2) is 19.3 Å². The van der Waals surface area contributed by atoms with E-state index in [4.69, 9.17) is 10.5 Å². The third-order valence-corrected chi connectivity index (χ3v) is 3.92. The van der Waals surface area contributed by atoms with Crippen LogP contribution in [0.2, 0.25) is 0 Å². The Morgan fingerprint density at radius 2 is 2.12 bits per heavy atom. The van der Waals surface area contributed by atoms with Gasteiger partial charge >= 0.3 is 0 Å². The Morgan fingerprint density at radius 1 is 1.24 bits per heavy atom. The number of hydrogen-bond acceptors (Lipinski definition) is 3. The lowest BCUT2D eigenvalue weighted by Gasteiger charge is -2.19. The molecule has 3 nitrogen and oxygen atoms in total. The zero-order valence-electron chi connectivity index (χ0n) is 10.3. The van der Waals surface area contributed by atoms with Gasteiger partial charge in [-0.25, -0.2) is 0 Å². The van der Waals surface area contributed by atoms with E-state index in [0.717, 1.165) is 30.7 Å². The highest BCUT2D eigenvalue weighted by atomic mass is 16.5. The van der Waals surface area contributed by atoms with E-state index < -0.39 is 0 Å². The molecule has 0 radical (unpaired) electrons. The van der Waals surface area contributed by atoms with E-state index in [-0.39, 0.29) is 0 Å². The first-order valence-corrected chi connectivity index (χ1v) is 6.43. The summed E-state index contributed by atoms with van der Waals surface area (Å²) >= 11 is 0. The minimum absolute atomic E-state index is 0.454. The van der Waals surface area contributed by atoms with Crippen molar-refractivity contribution in [2.45, 2.75) is 25.8 Å². The molecule has 1 heterocycles. The predicted octanol–water partition coefficient (Wildman–Crippen LogP) is 2.41. The molecule has 3 rings (SSSR count). The van der Waals surface area contributed by atoms with Gasteiger partial charge in [0, 0.05) is 24.0 Å². The normalized spacial score (nSPS) is 31.5. The summed E-state index contributed by atoms with van der Waals surface area (Å²) in [6, 6.07) is 6.49. The summed E-state index contributed by atoms with van der Waals surface area (Å²) in [5, 5.41) is 3.59. The fourth-order valence-corrected chi connectivity index (χ4v) is 2.77. The number of nitrogen functional groups attached to an aromatic ring is 1. The maximum absolute atomic E-state index is 5.76. The van der Waals surface area contributed by atoms with Crippen LogP contribution >= 0.6 is 0 Å². The molecule has 3 heteroatoms. The molecule has 0 amide bonds. The first kappa shape index (κ1) is 10.9. The highest BCUT2D eigenvalue weighted by molar-refractivity contribution is 5.57. The summed E-state index contributed by atoms with van der Waals surface area (Å²) in [7, 11) is 0. The quantitative estimate of drug-likeness (QED) is 0.770. The Labute approximate surface area is 102 Å². The van der Waals surface area contributed by atoms with Crippen molar-refractivity contribution in [1.29, 1.82) is 0 Å². The third kappa shape index (κ3) is 2.39. The molecule has 3 atom stereocenters. The molecule has 1 aliphatic carbocycles. The molecular formula is C14H20N2O. The number of rotatable bonds is 2. The number of nitrogens with two attached hydrogens (primary N) is 1. The third-order valence-electron chi connectivity index (χ3n) is 3.92. The van der Waals surface area contributed by atoms with Crippen LogP contribution in [0, 0.1) is 18.8 Å². The van der Waals surface area contributed by atoms with Crippen molar-refractivity contribution in [3.8, 4) is 0 Å². The van der Waals surface area contributed by atoms with E-state index in [1.165, 1.54) is 24.1 Å². The molecule has 17 heavy (non-hydrogen) atoms. The van der Waals surface area contributed by atoms with E-state index in [2.05, 4.69) is 18.3 Å². The number of nitrogens with one attached hydrogen (secondary N) is 1. The maximum Gasteiger partial charge on any atom is 0.0668 e. The minimum Gasteiger partial charge on any atom is -0.399 e. The van der Waals surface area contributed by atoms with Crippen LogP contribution < -0.4 is 11.1 Å². The number of benzene rings is 1. The molecule has 1 saturated carbocycles. The molecule has 1 aromatic carbocycles. The summed E-state index contributed by atoms with van der Waals surface area (Å²) in [6.07, 6.45) is 2.60. The van der Waals surface area contributed by atoms with Crippen LogP contribution in [-0.2, 0) is 4.74 Å². The van der Waals surface area contributed by atoms with Crippen molar-refractivity contribution in [3.63, 3.8) is 0 Å². The van der Waals surface area contributed by atoms with Crippen LogP contribution in [0.15, 0.2) is 18.2 Å². The summed E-state index contributed by atoms with van der Waals surface area (Å²) in [4.78, 5) is 0. The zero-order chi connectivity index (χ0) is 11.8.